The highest BCUT2D eigenvalue weighted by Gasteiger charge is 2.38. The third kappa shape index (κ3) is 3.50. The minimum Gasteiger partial charge on any atom is -0.496 e. The van der Waals surface area contributed by atoms with Gasteiger partial charge in [0.2, 0.25) is 0 Å². The average Bonchev–Trinajstić information content (AvgIpc) is 2.92. The Hall–Kier alpha value is -1.68. The molecule has 1 heterocycles. The maximum absolute atomic E-state index is 13.0. The summed E-state index contributed by atoms with van der Waals surface area (Å²) in [6.07, 6.45) is 9.37. The number of ether oxygens (including phenoxy) is 1. The maximum atomic E-state index is 13.0. The van der Waals surface area contributed by atoms with Gasteiger partial charge in [-0.3, -0.25) is 9.19 Å². The molecule has 3 rings (SSSR count). The molecule has 0 aromatic carbocycles. The molecular formula is C21H27NO2S. The van der Waals surface area contributed by atoms with E-state index in [1.54, 1.807) is 13.3 Å². The smallest absolute Gasteiger partial charge is 0.125 e. The molecular weight excluding hydrogens is 330 g/mol. The van der Waals surface area contributed by atoms with E-state index in [2.05, 4.69) is 50.9 Å². The summed E-state index contributed by atoms with van der Waals surface area (Å²) in [4.78, 5) is 5.30. The van der Waals surface area contributed by atoms with Crippen molar-refractivity contribution in [3.63, 3.8) is 0 Å². The van der Waals surface area contributed by atoms with Crippen LogP contribution in [0.4, 0.5) is 0 Å². The van der Waals surface area contributed by atoms with Crippen LogP contribution in [0.15, 0.2) is 46.5 Å². The van der Waals surface area contributed by atoms with Gasteiger partial charge in [0.05, 0.1) is 29.4 Å². The standard InChI is InChI=1S/C21H27NO2S/c1-14-18(22-8-7-19(14)24-6)12-25(23)16-9-15-11-20(2,3)13-21(4,5)17(15)10-16/h7-11H,12-13H2,1-6H3. The van der Waals surface area contributed by atoms with Crippen LogP contribution in [-0.4, -0.2) is 16.3 Å². The van der Waals surface area contributed by atoms with Gasteiger partial charge in [0, 0.05) is 16.7 Å². The molecule has 0 saturated carbocycles. The molecule has 1 atom stereocenters. The first-order valence-electron chi connectivity index (χ1n) is 8.67. The van der Waals surface area contributed by atoms with Crippen molar-refractivity contribution in [1.82, 2.24) is 4.98 Å². The number of aromatic nitrogens is 1. The third-order valence-electron chi connectivity index (χ3n) is 5.08. The summed E-state index contributed by atoms with van der Waals surface area (Å²) in [6.45, 7) is 11.1. The molecule has 2 aliphatic carbocycles. The highest BCUT2D eigenvalue weighted by atomic mass is 32.2. The molecule has 1 unspecified atom stereocenters. The van der Waals surface area contributed by atoms with Gasteiger partial charge in [0.15, 0.2) is 0 Å². The van der Waals surface area contributed by atoms with Crippen LogP contribution in [-0.2, 0) is 16.6 Å². The number of allylic oxidation sites excluding steroid dienone is 5. The second-order valence-electron chi connectivity index (χ2n) is 8.33. The fraction of sp³-hybridized carbons (Fsp3) is 0.476. The quantitative estimate of drug-likeness (QED) is 0.773. The molecule has 4 heteroatoms. The zero-order valence-electron chi connectivity index (χ0n) is 16.0. The summed E-state index contributed by atoms with van der Waals surface area (Å²) >= 11 is 0. The van der Waals surface area contributed by atoms with E-state index >= 15 is 0 Å². The number of methoxy groups -OCH3 is 1. The first kappa shape index (κ1) is 18.1. The van der Waals surface area contributed by atoms with E-state index in [1.807, 2.05) is 13.0 Å². The summed E-state index contributed by atoms with van der Waals surface area (Å²) in [5.74, 6) is 1.20. The molecule has 134 valence electrons. The summed E-state index contributed by atoms with van der Waals surface area (Å²) < 4.78 is 18.3. The molecule has 0 aliphatic heterocycles. The van der Waals surface area contributed by atoms with Gasteiger partial charge in [-0.25, -0.2) is 0 Å². The third-order valence-corrected chi connectivity index (χ3v) is 6.37. The Morgan fingerprint density at radius 3 is 2.64 bits per heavy atom. The van der Waals surface area contributed by atoms with E-state index in [1.165, 1.54) is 11.1 Å². The molecule has 25 heavy (non-hydrogen) atoms. The highest BCUT2D eigenvalue weighted by Crippen LogP contribution is 2.51. The molecule has 3 nitrogen and oxygen atoms in total. The Balaban J connectivity index is 1.89. The van der Waals surface area contributed by atoms with E-state index < -0.39 is 10.8 Å². The van der Waals surface area contributed by atoms with Gasteiger partial charge >= 0.3 is 0 Å². The average molecular weight is 358 g/mol. The predicted octanol–water partition coefficient (Wildman–Crippen LogP) is 4.85. The minimum absolute atomic E-state index is 0.0974. The Labute approximate surface area is 153 Å². The van der Waals surface area contributed by atoms with E-state index in [0.717, 1.165) is 28.3 Å². The summed E-state index contributed by atoms with van der Waals surface area (Å²) in [6, 6.07) is 1.84. The Morgan fingerprint density at radius 2 is 1.96 bits per heavy atom. The maximum Gasteiger partial charge on any atom is 0.125 e. The van der Waals surface area contributed by atoms with Gasteiger partial charge in [0.1, 0.15) is 5.75 Å². The number of hydrogen-bond acceptors (Lipinski definition) is 3. The van der Waals surface area contributed by atoms with Crippen LogP contribution in [0.25, 0.3) is 0 Å². The first-order valence-corrected chi connectivity index (χ1v) is 9.99. The van der Waals surface area contributed by atoms with Gasteiger partial charge in [0.25, 0.3) is 0 Å². The molecule has 0 spiro atoms. The molecule has 0 radical (unpaired) electrons. The van der Waals surface area contributed by atoms with Crippen molar-refractivity contribution in [2.45, 2.75) is 46.8 Å². The molecule has 2 aliphatic rings. The normalized spacial score (nSPS) is 21.8. The van der Waals surface area contributed by atoms with E-state index in [4.69, 9.17) is 4.74 Å². The van der Waals surface area contributed by atoms with Gasteiger partial charge in [-0.1, -0.05) is 33.8 Å². The van der Waals surface area contributed by atoms with E-state index in [-0.39, 0.29) is 10.8 Å². The molecule has 0 fully saturated rings. The van der Waals surface area contributed by atoms with Crippen LogP contribution >= 0.6 is 0 Å². The Bertz CT molecular complexity index is 828. The molecule has 1 aromatic heterocycles. The van der Waals surface area contributed by atoms with Crippen molar-refractivity contribution < 1.29 is 8.95 Å². The van der Waals surface area contributed by atoms with E-state index in [0.29, 0.717) is 5.75 Å². The lowest BCUT2D eigenvalue weighted by molar-refractivity contribution is 0.269. The van der Waals surface area contributed by atoms with Crippen molar-refractivity contribution in [2.75, 3.05) is 7.11 Å². The second-order valence-corrected chi connectivity index (χ2v) is 9.78. The zero-order chi connectivity index (χ0) is 18.4. The van der Waals surface area contributed by atoms with Crippen LogP contribution in [0.3, 0.4) is 0 Å². The SMILES string of the molecule is COc1ccnc(CS(=O)C2=CC3=CC(C)(C)CC(C)(C)C3=C2)c1C. The first-order chi connectivity index (χ1) is 11.6. The molecule has 0 saturated heterocycles. The van der Waals surface area contributed by atoms with Gasteiger partial charge < -0.3 is 4.74 Å². The Kier molecular flexibility index (Phi) is 4.52. The van der Waals surface area contributed by atoms with Crippen LogP contribution in [0.1, 0.15) is 45.4 Å². The lowest BCUT2D eigenvalue weighted by atomic mass is 9.65. The lowest BCUT2D eigenvalue weighted by Crippen LogP contribution is -2.28. The minimum atomic E-state index is -1.12. The molecule has 1 aromatic rings. The zero-order valence-corrected chi connectivity index (χ0v) is 16.8. The number of fused-ring (bicyclic) bond motifs is 1. The van der Waals surface area contributed by atoms with Crippen molar-refractivity contribution in [2.24, 2.45) is 10.8 Å². The topological polar surface area (TPSA) is 39.2 Å². The molecule has 0 bridgehead atoms. The Morgan fingerprint density at radius 1 is 1.24 bits per heavy atom. The summed E-state index contributed by atoms with van der Waals surface area (Å²) in [7, 11) is 0.531. The molecule has 0 amide bonds. The number of nitrogens with zero attached hydrogens (tertiary/aromatic N) is 1. The summed E-state index contributed by atoms with van der Waals surface area (Å²) in [5, 5.41) is 0. The van der Waals surface area contributed by atoms with Crippen LogP contribution in [0, 0.1) is 17.8 Å². The predicted molar refractivity (Wildman–Crippen MR) is 104 cm³/mol. The second kappa shape index (κ2) is 6.24. The van der Waals surface area contributed by atoms with Gasteiger partial charge in [-0.15, -0.1) is 0 Å². The van der Waals surface area contributed by atoms with Crippen LogP contribution in [0.2, 0.25) is 0 Å². The fourth-order valence-corrected chi connectivity index (χ4v) is 5.39. The lowest BCUT2D eigenvalue weighted by Gasteiger charge is -2.40. The fourth-order valence-electron chi connectivity index (χ4n) is 4.17. The van der Waals surface area contributed by atoms with Crippen LogP contribution in [0.5, 0.6) is 5.75 Å². The summed E-state index contributed by atoms with van der Waals surface area (Å²) in [5.41, 5.74) is 4.60. The van der Waals surface area contributed by atoms with Crippen LogP contribution < -0.4 is 4.74 Å². The van der Waals surface area contributed by atoms with E-state index in [9.17, 15) is 4.21 Å². The number of pyridine rings is 1. The highest BCUT2D eigenvalue weighted by molar-refractivity contribution is 7.88. The molecule has 0 N–H and O–H groups in total. The van der Waals surface area contributed by atoms with Gasteiger partial charge in [-0.2, -0.15) is 0 Å². The van der Waals surface area contributed by atoms with Crippen molar-refractivity contribution in [3.8, 4) is 5.75 Å². The largest absolute Gasteiger partial charge is 0.496 e. The number of hydrogen-bond donors (Lipinski definition) is 0. The van der Waals surface area contributed by atoms with Crippen molar-refractivity contribution >= 4 is 10.8 Å². The van der Waals surface area contributed by atoms with Crippen molar-refractivity contribution in [1.29, 1.82) is 0 Å². The number of rotatable bonds is 4. The van der Waals surface area contributed by atoms with Crippen molar-refractivity contribution in [3.05, 3.63) is 57.8 Å². The van der Waals surface area contributed by atoms with Gasteiger partial charge in [-0.05, 0) is 53.5 Å². The monoisotopic (exact) mass is 357 g/mol.